The van der Waals surface area contributed by atoms with Crippen LogP contribution in [0, 0.1) is 11.6 Å². The number of hydrogen-bond acceptors (Lipinski definition) is 2. The predicted molar refractivity (Wildman–Crippen MR) is 91.0 cm³/mol. The van der Waals surface area contributed by atoms with E-state index in [9.17, 15) is 8.78 Å². The number of nitrogens with zero attached hydrogens (tertiary/aromatic N) is 1. The first-order chi connectivity index (χ1) is 11.7. The fourth-order valence-electron chi connectivity index (χ4n) is 4.37. The lowest BCUT2D eigenvalue weighted by Gasteiger charge is -2.34. The normalized spacial score (nSPS) is 26.8. The summed E-state index contributed by atoms with van der Waals surface area (Å²) in [6.07, 6.45) is 2.86. The van der Waals surface area contributed by atoms with E-state index in [1.165, 1.54) is 12.1 Å². The molecule has 0 spiro atoms. The molecule has 2 saturated heterocycles. The minimum Gasteiger partial charge on any atom is -0.406 e. The molecule has 2 aliphatic rings. The Morgan fingerprint density at radius 2 is 2.00 bits per heavy atom. The van der Waals surface area contributed by atoms with Crippen LogP contribution in [0.15, 0.2) is 48.5 Å². The summed E-state index contributed by atoms with van der Waals surface area (Å²) < 4.78 is 34.6. The zero-order valence-corrected chi connectivity index (χ0v) is 13.7. The van der Waals surface area contributed by atoms with Crippen LogP contribution < -0.4 is 5.46 Å². The van der Waals surface area contributed by atoms with E-state index in [-0.39, 0.29) is 6.04 Å². The second-order valence-electron chi connectivity index (χ2n) is 6.64. The third-order valence-corrected chi connectivity index (χ3v) is 5.47. The van der Waals surface area contributed by atoms with Crippen molar-refractivity contribution in [2.24, 2.45) is 0 Å². The molecule has 0 aliphatic carbocycles. The molecule has 0 aromatic heterocycles. The molecule has 4 rings (SSSR count). The van der Waals surface area contributed by atoms with Gasteiger partial charge in [-0.05, 0) is 49.6 Å². The average molecular weight is 327 g/mol. The highest BCUT2D eigenvalue weighted by atomic mass is 19.1. The quantitative estimate of drug-likeness (QED) is 0.801. The van der Waals surface area contributed by atoms with Gasteiger partial charge < -0.3 is 9.47 Å². The molecular formula is C19H20BF2NO. The summed E-state index contributed by atoms with van der Waals surface area (Å²) in [4.78, 5) is 2.20. The molecule has 0 saturated carbocycles. The minimum atomic E-state index is -0.534. The van der Waals surface area contributed by atoms with E-state index in [1.807, 2.05) is 18.2 Å². The Morgan fingerprint density at radius 1 is 1.21 bits per heavy atom. The standard InChI is InChI=1S/C19H20BF2NO/c1-2-19(14-7-4-3-5-8-14)18-9-6-12-23(18)20(24-19)16-13-15(21)10-11-17(16)22/h3-5,7-8,10-11,13,18H,2,6,9,12H2,1H3/t18-,19-/m0/s1. The number of hydrogen-bond donors (Lipinski definition) is 0. The fourth-order valence-corrected chi connectivity index (χ4v) is 4.37. The number of fused-ring (bicyclic) bond motifs is 1. The second-order valence-corrected chi connectivity index (χ2v) is 6.64. The maximum Gasteiger partial charge on any atom is 0.422 e. The van der Waals surface area contributed by atoms with Gasteiger partial charge in [0.2, 0.25) is 0 Å². The van der Waals surface area contributed by atoms with Crippen molar-refractivity contribution in [2.45, 2.75) is 37.8 Å². The number of benzene rings is 2. The van der Waals surface area contributed by atoms with Crippen molar-refractivity contribution in [1.29, 1.82) is 0 Å². The lowest BCUT2D eigenvalue weighted by Crippen LogP contribution is -2.47. The van der Waals surface area contributed by atoms with Crippen molar-refractivity contribution in [2.75, 3.05) is 6.54 Å². The third kappa shape index (κ3) is 2.30. The topological polar surface area (TPSA) is 12.5 Å². The summed E-state index contributed by atoms with van der Waals surface area (Å²) in [6.45, 7) is 2.95. The Hall–Kier alpha value is -1.72. The van der Waals surface area contributed by atoms with Gasteiger partial charge in [0.1, 0.15) is 11.6 Å². The highest BCUT2D eigenvalue weighted by Crippen LogP contribution is 2.46. The first-order valence-corrected chi connectivity index (χ1v) is 8.60. The fraction of sp³-hybridized carbons (Fsp3) is 0.368. The molecule has 24 heavy (non-hydrogen) atoms. The van der Waals surface area contributed by atoms with Gasteiger partial charge in [0.15, 0.2) is 0 Å². The van der Waals surface area contributed by atoms with Gasteiger partial charge in [0.25, 0.3) is 0 Å². The number of halogens is 2. The van der Waals surface area contributed by atoms with Crippen molar-refractivity contribution in [3.63, 3.8) is 0 Å². The second kappa shape index (κ2) is 5.98. The molecule has 2 aromatic rings. The van der Waals surface area contributed by atoms with Crippen LogP contribution in [0.2, 0.25) is 0 Å². The predicted octanol–water partition coefficient (Wildman–Crippen LogP) is 3.46. The number of rotatable bonds is 3. The molecule has 0 N–H and O–H groups in total. The monoisotopic (exact) mass is 327 g/mol. The third-order valence-electron chi connectivity index (χ3n) is 5.47. The minimum absolute atomic E-state index is 0.192. The van der Waals surface area contributed by atoms with Crippen LogP contribution in [0.25, 0.3) is 0 Å². The molecule has 2 aliphatic heterocycles. The van der Waals surface area contributed by atoms with Crippen LogP contribution in [0.5, 0.6) is 0 Å². The summed E-state index contributed by atoms with van der Waals surface area (Å²) >= 11 is 0. The zero-order valence-electron chi connectivity index (χ0n) is 13.7. The van der Waals surface area contributed by atoms with Crippen LogP contribution in [-0.2, 0) is 10.3 Å². The molecule has 0 unspecified atom stereocenters. The van der Waals surface area contributed by atoms with Gasteiger partial charge in [-0.15, -0.1) is 0 Å². The van der Waals surface area contributed by atoms with Gasteiger partial charge in [0, 0.05) is 11.5 Å². The Labute approximate surface area is 141 Å². The zero-order chi connectivity index (χ0) is 16.7. The Morgan fingerprint density at radius 3 is 2.75 bits per heavy atom. The molecule has 0 bridgehead atoms. The van der Waals surface area contributed by atoms with Gasteiger partial charge in [0.05, 0.1) is 5.60 Å². The molecule has 5 heteroatoms. The highest BCUT2D eigenvalue weighted by Gasteiger charge is 2.57. The van der Waals surface area contributed by atoms with Crippen molar-refractivity contribution in [3.8, 4) is 0 Å². The van der Waals surface area contributed by atoms with Crippen LogP contribution in [0.4, 0.5) is 8.78 Å². The summed E-state index contributed by atoms with van der Waals surface area (Å²) in [6, 6.07) is 13.9. The van der Waals surface area contributed by atoms with Crippen LogP contribution in [0.1, 0.15) is 31.7 Å². The largest absolute Gasteiger partial charge is 0.422 e. The Kier molecular flexibility index (Phi) is 3.93. The van der Waals surface area contributed by atoms with Crippen molar-refractivity contribution in [1.82, 2.24) is 4.81 Å². The lowest BCUT2D eigenvalue weighted by atomic mass is 9.71. The van der Waals surface area contributed by atoms with E-state index >= 15 is 0 Å². The molecule has 0 radical (unpaired) electrons. The van der Waals surface area contributed by atoms with Gasteiger partial charge in [-0.2, -0.15) is 0 Å². The maximum atomic E-state index is 14.4. The molecule has 0 amide bonds. The van der Waals surface area contributed by atoms with E-state index in [0.29, 0.717) is 5.46 Å². The van der Waals surface area contributed by atoms with Crippen LogP contribution >= 0.6 is 0 Å². The highest BCUT2D eigenvalue weighted by molar-refractivity contribution is 6.65. The molecule has 2 atom stereocenters. The van der Waals surface area contributed by atoms with Gasteiger partial charge in [-0.25, -0.2) is 8.78 Å². The van der Waals surface area contributed by atoms with Gasteiger partial charge >= 0.3 is 7.05 Å². The van der Waals surface area contributed by atoms with E-state index in [0.717, 1.165) is 37.4 Å². The Bertz CT molecular complexity index is 741. The molecule has 2 nitrogen and oxygen atoms in total. The molecular weight excluding hydrogens is 307 g/mol. The SMILES string of the molecule is CC[C@@]1(c2ccccc2)OB(c2cc(F)ccc2F)N2CCC[C@H]21. The van der Waals surface area contributed by atoms with Crippen LogP contribution in [-0.4, -0.2) is 24.4 Å². The Balaban J connectivity index is 1.80. The smallest absolute Gasteiger partial charge is 0.406 e. The first-order valence-electron chi connectivity index (χ1n) is 8.60. The summed E-state index contributed by atoms with van der Waals surface area (Å²) in [5.41, 5.74) is 0.943. The molecule has 124 valence electrons. The lowest BCUT2D eigenvalue weighted by molar-refractivity contribution is 0.0559. The summed E-state index contributed by atoms with van der Waals surface area (Å²) in [7, 11) is -0.534. The summed E-state index contributed by atoms with van der Waals surface area (Å²) in [5.74, 6) is -0.841. The average Bonchev–Trinajstić information content (AvgIpc) is 3.20. The van der Waals surface area contributed by atoms with E-state index in [2.05, 4.69) is 23.9 Å². The maximum absolute atomic E-state index is 14.4. The summed E-state index contributed by atoms with van der Waals surface area (Å²) in [5, 5.41) is 0. The van der Waals surface area contributed by atoms with Gasteiger partial charge in [-0.1, -0.05) is 37.3 Å². The van der Waals surface area contributed by atoms with Crippen molar-refractivity contribution < 1.29 is 13.4 Å². The van der Waals surface area contributed by atoms with E-state index in [1.54, 1.807) is 0 Å². The first kappa shape index (κ1) is 15.8. The van der Waals surface area contributed by atoms with Crippen molar-refractivity contribution in [3.05, 3.63) is 65.7 Å². The van der Waals surface area contributed by atoms with Crippen molar-refractivity contribution >= 4 is 12.5 Å². The molecule has 2 fully saturated rings. The van der Waals surface area contributed by atoms with E-state index in [4.69, 9.17) is 4.65 Å². The van der Waals surface area contributed by atoms with Crippen LogP contribution in [0.3, 0.4) is 0 Å². The molecule has 2 heterocycles. The molecule has 2 aromatic carbocycles. The van der Waals surface area contributed by atoms with Gasteiger partial charge in [-0.3, -0.25) is 0 Å². The van der Waals surface area contributed by atoms with E-state index < -0.39 is 24.3 Å².